The average Bonchev–Trinajstić information content (AvgIpc) is 3.02. The van der Waals surface area contributed by atoms with Gasteiger partial charge in [0.2, 0.25) is 11.8 Å². The first kappa shape index (κ1) is 35.0. The molecule has 0 aliphatic heterocycles. The van der Waals surface area contributed by atoms with Crippen LogP contribution in [-0.4, -0.2) is 50.4 Å². The van der Waals surface area contributed by atoms with Gasteiger partial charge in [-0.1, -0.05) is 82.1 Å². The quantitative estimate of drug-likeness (QED) is 0.153. The minimum absolute atomic E-state index is 0.0482. The van der Waals surface area contributed by atoms with Crippen LogP contribution in [0.5, 0.6) is 5.75 Å². The van der Waals surface area contributed by atoms with Crippen molar-refractivity contribution >= 4 is 55.1 Å². The minimum atomic E-state index is -4.30. The Hall–Kier alpha value is -3.86. The SMILES string of the molecule is CCOc1ccccc1N(CC(=O)N(Cc1cccc(Br)c1)[C@@H](Cc1ccccc1)C(=O)NC(C)C)S(=O)(=O)c1ccc(Cl)cc1. The molecule has 1 N–H and O–H groups in total. The summed E-state index contributed by atoms with van der Waals surface area (Å²) in [5.41, 5.74) is 1.81. The predicted molar refractivity (Wildman–Crippen MR) is 185 cm³/mol. The Morgan fingerprint density at radius 2 is 1.54 bits per heavy atom. The summed E-state index contributed by atoms with van der Waals surface area (Å²) in [4.78, 5) is 29.8. The largest absolute Gasteiger partial charge is 0.492 e. The highest BCUT2D eigenvalue weighted by molar-refractivity contribution is 9.10. The molecule has 46 heavy (non-hydrogen) atoms. The molecule has 0 spiro atoms. The van der Waals surface area contributed by atoms with Crippen LogP contribution in [0.15, 0.2) is 112 Å². The van der Waals surface area contributed by atoms with Gasteiger partial charge in [-0.05, 0) is 80.4 Å². The zero-order valence-corrected chi connectivity index (χ0v) is 29.1. The summed E-state index contributed by atoms with van der Waals surface area (Å²) in [6.07, 6.45) is 0.221. The molecular weight excluding hydrogens is 690 g/mol. The van der Waals surface area contributed by atoms with Crippen LogP contribution in [0.2, 0.25) is 5.02 Å². The molecule has 4 aromatic rings. The number of rotatable bonds is 14. The molecule has 4 aromatic carbocycles. The van der Waals surface area contributed by atoms with E-state index >= 15 is 0 Å². The van der Waals surface area contributed by atoms with Crippen LogP contribution >= 0.6 is 27.5 Å². The number of nitrogens with one attached hydrogen (secondary N) is 1. The number of sulfonamides is 1. The topological polar surface area (TPSA) is 96.0 Å². The zero-order chi connectivity index (χ0) is 33.3. The van der Waals surface area contributed by atoms with Crippen LogP contribution in [-0.2, 0) is 32.6 Å². The number of para-hydroxylation sites is 2. The van der Waals surface area contributed by atoms with Crippen molar-refractivity contribution < 1.29 is 22.7 Å². The number of ether oxygens (including phenoxy) is 1. The Labute approximate surface area is 284 Å². The van der Waals surface area contributed by atoms with E-state index in [1.165, 1.54) is 29.2 Å². The Morgan fingerprint density at radius 3 is 2.20 bits per heavy atom. The van der Waals surface area contributed by atoms with Crippen molar-refractivity contribution in [2.24, 2.45) is 0 Å². The van der Waals surface area contributed by atoms with Crippen molar-refractivity contribution in [1.29, 1.82) is 0 Å². The third kappa shape index (κ3) is 9.11. The molecule has 4 rings (SSSR count). The molecule has 0 radical (unpaired) electrons. The van der Waals surface area contributed by atoms with Gasteiger partial charge in [0.05, 0.1) is 17.2 Å². The maximum Gasteiger partial charge on any atom is 0.264 e. The van der Waals surface area contributed by atoms with Gasteiger partial charge >= 0.3 is 0 Å². The Morgan fingerprint density at radius 1 is 0.891 bits per heavy atom. The second-order valence-corrected chi connectivity index (χ2v) is 14.1. The lowest BCUT2D eigenvalue weighted by Gasteiger charge is -2.34. The van der Waals surface area contributed by atoms with Gasteiger partial charge in [-0.3, -0.25) is 13.9 Å². The second-order valence-electron chi connectivity index (χ2n) is 10.9. The van der Waals surface area contributed by atoms with Gasteiger partial charge < -0.3 is 15.0 Å². The number of carbonyl (C=O) groups is 2. The maximum absolute atomic E-state index is 14.6. The number of amides is 2. The van der Waals surface area contributed by atoms with E-state index in [0.717, 1.165) is 19.9 Å². The van der Waals surface area contributed by atoms with Crippen LogP contribution in [0.1, 0.15) is 31.9 Å². The van der Waals surface area contributed by atoms with E-state index in [2.05, 4.69) is 21.2 Å². The fraction of sp³-hybridized carbons (Fsp3) is 0.257. The van der Waals surface area contributed by atoms with E-state index in [0.29, 0.717) is 10.8 Å². The summed E-state index contributed by atoms with van der Waals surface area (Å²) in [6, 6.07) is 28.1. The van der Waals surface area contributed by atoms with Gasteiger partial charge in [-0.15, -0.1) is 0 Å². The number of carbonyl (C=O) groups excluding carboxylic acids is 2. The van der Waals surface area contributed by atoms with Crippen LogP contribution in [0.25, 0.3) is 0 Å². The lowest BCUT2D eigenvalue weighted by molar-refractivity contribution is -0.140. The van der Waals surface area contributed by atoms with Crippen LogP contribution in [0.3, 0.4) is 0 Å². The Kier molecular flexibility index (Phi) is 12.3. The van der Waals surface area contributed by atoms with Gasteiger partial charge in [0.1, 0.15) is 18.3 Å². The molecule has 0 aromatic heterocycles. The summed E-state index contributed by atoms with van der Waals surface area (Å²) in [5.74, 6) is -0.611. The van der Waals surface area contributed by atoms with E-state index in [9.17, 15) is 18.0 Å². The van der Waals surface area contributed by atoms with Crippen molar-refractivity contribution in [3.8, 4) is 5.75 Å². The molecule has 0 unspecified atom stereocenters. The fourth-order valence-corrected chi connectivity index (χ4v) is 6.95. The smallest absolute Gasteiger partial charge is 0.264 e. The molecule has 0 fully saturated rings. The maximum atomic E-state index is 14.6. The van der Waals surface area contributed by atoms with Crippen LogP contribution < -0.4 is 14.4 Å². The van der Waals surface area contributed by atoms with E-state index in [4.69, 9.17) is 16.3 Å². The molecular formula is C35H37BrClN3O5S. The molecule has 0 heterocycles. The molecule has 0 saturated heterocycles. The highest BCUT2D eigenvalue weighted by Gasteiger charge is 2.35. The zero-order valence-electron chi connectivity index (χ0n) is 25.9. The standard InChI is InChI=1S/C35H37BrClN3O5S/c1-4-45-33-16-9-8-15-31(33)40(46(43,44)30-19-17-29(37)18-20-30)24-34(41)39(23-27-13-10-14-28(36)21-27)32(35(42)38-25(2)3)22-26-11-6-5-7-12-26/h5-21,25,32H,4,22-24H2,1-3H3,(H,38,42)/t32-/m0/s1. The van der Waals surface area contributed by atoms with Crippen molar-refractivity contribution in [1.82, 2.24) is 10.2 Å². The number of nitrogens with zero attached hydrogens (tertiary/aromatic N) is 2. The first-order valence-electron chi connectivity index (χ1n) is 14.9. The minimum Gasteiger partial charge on any atom is -0.492 e. The molecule has 0 saturated carbocycles. The van der Waals surface area contributed by atoms with Crippen molar-refractivity contribution in [3.05, 3.63) is 124 Å². The van der Waals surface area contributed by atoms with Gasteiger partial charge in [0.15, 0.2) is 0 Å². The predicted octanol–water partition coefficient (Wildman–Crippen LogP) is 6.86. The number of halogens is 2. The molecule has 0 bridgehead atoms. The fourth-order valence-electron chi connectivity index (χ4n) is 4.95. The van der Waals surface area contributed by atoms with Crippen LogP contribution in [0, 0.1) is 0 Å². The van der Waals surface area contributed by atoms with Gasteiger partial charge in [-0.25, -0.2) is 8.42 Å². The van der Waals surface area contributed by atoms with E-state index in [-0.39, 0.29) is 42.1 Å². The molecule has 2 amide bonds. The number of hydrogen-bond acceptors (Lipinski definition) is 5. The van der Waals surface area contributed by atoms with Gasteiger partial charge in [0.25, 0.3) is 10.0 Å². The molecule has 11 heteroatoms. The summed E-state index contributed by atoms with van der Waals surface area (Å²) >= 11 is 9.57. The average molecular weight is 727 g/mol. The molecule has 0 aliphatic rings. The third-order valence-corrected chi connectivity index (χ3v) is 9.58. The second kappa shape index (κ2) is 16.1. The Bertz CT molecular complexity index is 1740. The van der Waals surface area contributed by atoms with E-state index in [1.54, 1.807) is 31.2 Å². The summed E-state index contributed by atoms with van der Waals surface area (Å²) < 4.78 is 36.2. The summed E-state index contributed by atoms with van der Waals surface area (Å²) in [6.45, 7) is 5.24. The highest BCUT2D eigenvalue weighted by atomic mass is 79.9. The lowest BCUT2D eigenvalue weighted by atomic mass is 10.0. The molecule has 8 nitrogen and oxygen atoms in total. The normalized spacial score (nSPS) is 12.0. The molecule has 1 atom stereocenters. The van der Waals surface area contributed by atoms with Crippen molar-refractivity contribution in [2.75, 3.05) is 17.5 Å². The van der Waals surface area contributed by atoms with E-state index < -0.39 is 28.5 Å². The van der Waals surface area contributed by atoms with Crippen molar-refractivity contribution in [3.63, 3.8) is 0 Å². The molecule has 242 valence electrons. The third-order valence-electron chi connectivity index (χ3n) is 7.06. The summed E-state index contributed by atoms with van der Waals surface area (Å²) in [5, 5.41) is 3.33. The van der Waals surface area contributed by atoms with E-state index in [1.807, 2.05) is 68.4 Å². The van der Waals surface area contributed by atoms with Crippen molar-refractivity contribution in [2.45, 2.75) is 50.7 Å². The summed E-state index contributed by atoms with van der Waals surface area (Å²) in [7, 11) is -4.30. The number of anilines is 1. The van der Waals surface area contributed by atoms with Crippen LogP contribution in [0.4, 0.5) is 5.69 Å². The first-order chi connectivity index (χ1) is 22.0. The molecule has 0 aliphatic carbocycles. The number of benzene rings is 4. The Balaban J connectivity index is 1.84. The number of hydrogen-bond donors (Lipinski definition) is 1. The lowest BCUT2D eigenvalue weighted by Crippen LogP contribution is -2.54. The highest BCUT2D eigenvalue weighted by Crippen LogP contribution is 2.33. The van der Waals surface area contributed by atoms with Gasteiger partial charge in [-0.2, -0.15) is 0 Å². The van der Waals surface area contributed by atoms with Gasteiger partial charge in [0, 0.05) is 28.5 Å². The first-order valence-corrected chi connectivity index (χ1v) is 17.5. The monoisotopic (exact) mass is 725 g/mol.